The number of nitriles is 1. The van der Waals surface area contributed by atoms with Gasteiger partial charge in [-0.15, -0.1) is 0 Å². The van der Waals surface area contributed by atoms with Crippen molar-refractivity contribution in [2.75, 3.05) is 20.1 Å². The van der Waals surface area contributed by atoms with Crippen molar-refractivity contribution < 1.29 is 27.8 Å². The number of ether oxygens (including phenoxy) is 3. The summed E-state index contributed by atoms with van der Waals surface area (Å²) in [5.41, 5.74) is 7.21. The number of nitrogens with one attached hydrogen (secondary N) is 1. The molecule has 1 fully saturated rings. The van der Waals surface area contributed by atoms with Gasteiger partial charge < -0.3 is 19.9 Å². The second-order valence-corrected chi connectivity index (χ2v) is 12.3. The highest BCUT2D eigenvalue weighted by Gasteiger charge is 2.29. The van der Waals surface area contributed by atoms with E-state index in [0.717, 1.165) is 18.7 Å². The van der Waals surface area contributed by atoms with E-state index in [4.69, 9.17) is 31.5 Å². The van der Waals surface area contributed by atoms with E-state index in [0.29, 0.717) is 17.3 Å². The number of hydrogen-bond donors (Lipinski definition) is 2. The Balaban J connectivity index is 1.45. The smallest absolute Gasteiger partial charge is 0.260 e. The quantitative estimate of drug-likeness (QED) is 0.142. The Morgan fingerprint density at radius 3 is 2.41 bits per heavy atom. The average molecular weight is 700 g/mol. The standard InChI is InChI=1S/C36H28ClF2N5O4S/c1-44-17-16-42-34(44)23-10-5-6-12-25(23)47-35-30(38)32(49-28-13-7-11-24(37)29(28)33(41)45)31(39)36(43-35)48-27-18-22(19-40)14-15-26(27)46-20-21-8-3-2-4-9-21/h2-15,18,34,42H,16-17,20H2,1H3,(H2,41,45). The monoisotopic (exact) mass is 699 g/mol. The van der Waals surface area contributed by atoms with Crippen LogP contribution in [-0.2, 0) is 6.61 Å². The molecular formula is C36H28ClF2N5O4S. The van der Waals surface area contributed by atoms with Crippen molar-refractivity contribution in [1.82, 2.24) is 15.2 Å². The maximum absolute atomic E-state index is 16.4. The van der Waals surface area contributed by atoms with Crippen molar-refractivity contribution in [1.29, 1.82) is 5.26 Å². The number of rotatable bonds is 11. The van der Waals surface area contributed by atoms with Gasteiger partial charge in [0.15, 0.2) is 11.5 Å². The average Bonchev–Trinajstić information content (AvgIpc) is 3.54. The number of para-hydroxylation sites is 1. The molecule has 0 saturated carbocycles. The summed E-state index contributed by atoms with van der Waals surface area (Å²) in [6.07, 6.45) is -0.230. The van der Waals surface area contributed by atoms with Crippen LogP contribution >= 0.6 is 23.4 Å². The molecule has 1 amide bonds. The molecule has 0 radical (unpaired) electrons. The molecule has 1 aliphatic rings. The molecule has 1 aromatic heterocycles. The molecule has 0 spiro atoms. The number of primary amides is 1. The molecule has 1 aliphatic heterocycles. The zero-order valence-corrected chi connectivity index (χ0v) is 27.5. The number of carbonyl (C=O) groups is 1. The topological polar surface area (TPSA) is 123 Å². The third kappa shape index (κ3) is 7.45. The van der Waals surface area contributed by atoms with Crippen LogP contribution in [0.25, 0.3) is 0 Å². The van der Waals surface area contributed by atoms with Gasteiger partial charge in [-0.2, -0.15) is 19.0 Å². The van der Waals surface area contributed by atoms with Gasteiger partial charge in [-0.05, 0) is 42.9 Å². The van der Waals surface area contributed by atoms with Gasteiger partial charge in [-0.3, -0.25) is 15.0 Å². The Hall–Kier alpha value is -5.19. The van der Waals surface area contributed by atoms with Crippen LogP contribution in [0.15, 0.2) is 101 Å². The lowest BCUT2D eigenvalue weighted by atomic mass is 10.1. The first kappa shape index (κ1) is 33.7. The van der Waals surface area contributed by atoms with E-state index in [2.05, 4.69) is 15.2 Å². The molecule has 248 valence electrons. The molecule has 0 aliphatic carbocycles. The zero-order valence-electron chi connectivity index (χ0n) is 26.0. The lowest BCUT2D eigenvalue weighted by Crippen LogP contribution is -2.24. The first-order chi connectivity index (χ1) is 23.7. The summed E-state index contributed by atoms with van der Waals surface area (Å²) < 4.78 is 50.9. The number of benzene rings is 4. The Bertz CT molecular complexity index is 2060. The fraction of sp³-hybridized carbons (Fsp3) is 0.139. The predicted octanol–water partition coefficient (Wildman–Crippen LogP) is 7.83. The van der Waals surface area contributed by atoms with Crippen LogP contribution in [0.1, 0.15) is 33.2 Å². The highest BCUT2D eigenvalue weighted by molar-refractivity contribution is 7.99. The minimum atomic E-state index is -1.20. The van der Waals surface area contributed by atoms with E-state index in [9.17, 15) is 10.1 Å². The van der Waals surface area contributed by atoms with Crippen molar-refractivity contribution in [3.63, 3.8) is 0 Å². The van der Waals surface area contributed by atoms with Crippen LogP contribution in [0.2, 0.25) is 5.02 Å². The number of carbonyl (C=O) groups excluding carboxylic acids is 1. The van der Waals surface area contributed by atoms with Gasteiger partial charge in [0.25, 0.3) is 17.7 Å². The maximum atomic E-state index is 16.4. The molecule has 1 saturated heterocycles. The Morgan fingerprint density at radius 1 is 1.00 bits per heavy atom. The van der Waals surface area contributed by atoms with Crippen molar-refractivity contribution in [2.45, 2.75) is 22.6 Å². The number of nitrogens with zero attached hydrogens (tertiary/aromatic N) is 3. The van der Waals surface area contributed by atoms with Crippen LogP contribution in [-0.4, -0.2) is 35.9 Å². The molecule has 9 nitrogen and oxygen atoms in total. The first-order valence-electron chi connectivity index (χ1n) is 15.0. The number of pyridine rings is 1. The normalized spacial score (nSPS) is 14.3. The van der Waals surface area contributed by atoms with Crippen LogP contribution in [0, 0.1) is 23.0 Å². The summed E-state index contributed by atoms with van der Waals surface area (Å²) in [7, 11) is 1.94. The number of hydrogen-bond acceptors (Lipinski definition) is 9. The Labute approximate surface area is 290 Å². The molecule has 3 N–H and O–H groups in total. The zero-order chi connectivity index (χ0) is 34.5. The summed E-state index contributed by atoms with van der Waals surface area (Å²) >= 11 is 6.81. The molecule has 0 bridgehead atoms. The van der Waals surface area contributed by atoms with E-state index in [-0.39, 0.29) is 51.1 Å². The van der Waals surface area contributed by atoms with Gasteiger partial charge in [0, 0.05) is 29.6 Å². The second-order valence-electron chi connectivity index (χ2n) is 10.9. The van der Waals surface area contributed by atoms with E-state index in [1.165, 1.54) is 36.4 Å². The molecule has 1 unspecified atom stereocenters. The molecule has 6 rings (SSSR count). The third-order valence-electron chi connectivity index (χ3n) is 7.59. The molecule has 1 atom stereocenters. The fourth-order valence-corrected chi connectivity index (χ4v) is 6.53. The summed E-state index contributed by atoms with van der Waals surface area (Å²) in [6, 6.07) is 27.2. The fourth-order valence-electron chi connectivity index (χ4n) is 5.17. The van der Waals surface area contributed by atoms with Crippen LogP contribution < -0.4 is 25.3 Å². The van der Waals surface area contributed by atoms with Crippen molar-refractivity contribution in [3.05, 3.63) is 130 Å². The van der Waals surface area contributed by atoms with E-state index < -0.39 is 34.2 Å². The largest absolute Gasteiger partial charge is 0.485 e. The SMILES string of the molecule is CN1CCNC1c1ccccc1Oc1nc(Oc2cc(C#N)ccc2OCc2ccccc2)c(F)c(Sc2cccc(Cl)c2C(N)=O)c1F. The first-order valence-corrected chi connectivity index (χ1v) is 16.2. The lowest BCUT2D eigenvalue weighted by Gasteiger charge is -2.22. The number of aromatic nitrogens is 1. The molecule has 49 heavy (non-hydrogen) atoms. The van der Waals surface area contributed by atoms with Gasteiger partial charge in [0.1, 0.15) is 12.4 Å². The molecule has 4 aromatic carbocycles. The van der Waals surface area contributed by atoms with E-state index >= 15 is 8.78 Å². The van der Waals surface area contributed by atoms with Crippen molar-refractivity contribution >= 4 is 29.3 Å². The minimum absolute atomic E-state index is 0.0101. The highest BCUT2D eigenvalue weighted by Crippen LogP contribution is 2.44. The van der Waals surface area contributed by atoms with Crippen LogP contribution in [0.4, 0.5) is 8.78 Å². The molecule has 5 aromatic rings. The Morgan fingerprint density at radius 2 is 1.71 bits per heavy atom. The Kier molecular flexibility index (Phi) is 10.3. The van der Waals surface area contributed by atoms with Gasteiger partial charge in [-0.1, -0.05) is 78.0 Å². The van der Waals surface area contributed by atoms with E-state index in [1.807, 2.05) is 55.6 Å². The van der Waals surface area contributed by atoms with Gasteiger partial charge in [-0.25, -0.2) is 0 Å². The summed E-state index contributed by atoms with van der Waals surface area (Å²) in [5, 5.41) is 13.0. The van der Waals surface area contributed by atoms with Crippen LogP contribution in [0.3, 0.4) is 0 Å². The number of likely N-dealkylation sites (N-methyl/N-ethyl adjacent to an activating group) is 1. The lowest BCUT2D eigenvalue weighted by molar-refractivity contribution is 0.0997. The predicted molar refractivity (Wildman–Crippen MR) is 180 cm³/mol. The van der Waals surface area contributed by atoms with Gasteiger partial charge in [0.05, 0.1) is 33.3 Å². The van der Waals surface area contributed by atoms with Gasteiger partial charge >= 0.3 is 0 Å². The highest BCUT2D eigenvalue weighted by atomic mass is 35.5. The molecule has 2 heterocycles. The number of halogens is 3. The van der Waals surface area contributed by atoms with E-state index in [1.54, 1.807) is 12.1 Å². The third-order valence-corrected chi connectivity index (χ3v) is 9.03. The summed E-state index contributed by atoms with van der Waals surface area (Å²) in [5.74, 6) is -4.11. The van der Waals surface area contributed by atoms with Crippen LogP contribution in [0.5, 0.6) is 29.0 Å². The minimum Gasteiger partial charge on any atom is -0.485 e. The molecular weight excluding hydrogens is 672 g/mol. The van der Waals surface area contributed by atoms with Crippen molar-refractivity contribution in [2.24, 2.45) is 5.73 Å². The second kappa shape index (κ2) is 14.9. The summed E-state index contributed by atoms with van der Waals surface area (Å²) in [6.45, 7) is 1.65. The maximum Gasteiger partial charge on any atom is 0.260 e. The van der Waals surface area contributed by atoms with Crippen molar-refractivity contribution in [3.8, 4) is 35.1 Å². The number of nitrogens with two attached hydrogens (primary N) is 1. The van der Waals surface area contributed by atoms with Gasteiger partial charge in [0.2, 0.25) is 11.6 Å². The molecule has 13 heteroatoms. The summed E-state index contributed by atoms with van der Waals surface area (Å²) in [4.78, 5) is 18.0. The number of amides is 1.